The molecule has 0 spiro atoms. The Labute approximate surface area is 140 Å². The van der Waals surface area contributed by atoms with Crippen molar-refractivity contribution in [2.75, 3.05) is 20.6 Å². The first-order valence-electron chi connectivity index (χ1n) is 7.54. The van der Waals surface area contributed by atoms with Crippen LogP contribution in [0.1, 0.15) is 24.8 Å². The molecule has 2 N–H and O–H groups in total. The minimum atomic E-state index is 0.116. The van der Waals surface area contributed by atoms with Gasteiger partial charge in [0, 0.05) is 44.1 Å². The van der Waals surface area contributed by atoms with Crippen LogP contribution in [0.15, 0.2) is 33.7 Å². The molecule has 1 saturated carbocycles. The molecule has 6 heteroatoms. The van der Waals surface area contributed by atoms with Crippen LogP contribution >= 0.6 is 15.9 Å². The lowest BCUT2D eigenvalue weighted by molar-refractivity contribution is -0.130. The van der Waals surface area contributed by atoms with E-state index in [-0.39, 0.29) is 5.91 Å². The first-order chi connectivity index (χ1) is 10.6. The van der Waals surface area contributed by atoms with E-state index in [4.69, 9.17) is 0 Å². The molecule has 0 atom stereocenters. The van der Waals surface area contributed by atoms with Gasteiger partial charge in [-0.3, -0.25) is 9.79 Å². The monoisotopic (exact) mass is 366 g/mol. The van der Waals surface area contributed by atoms with Crippen LogP contribution in [0.4, 0.5) is 0 Å². The van der Waals surface area contributed by atoms with Crippen LogP contribution < -0.4 is 10.6 Å². The molecule has 120 valence electrons. The fraction of sp³-hybridized carbons (Fsp3) is 0.500. The highest BCUT2D eigenvalue weighted by molar-refractivity contribution is 9.10. The topological polar surface area (TPSA) is 56.7 Å². The molecule has 0 radical (unpaired) electrons. The summed E-state index contributed by atoms with van der Waals surface area (Å²) in [6, 6.07) is 8.52. The van der Waals surface area contributed by atoms with Crippen molar-refractivity contribution in [2.24, 2.45) is 4.99 Å². The number of hydrogen-bond acceptors (Lipinski definition) is 2. The fourth-order valence-corrected chi connectivity index (χ4v) is 2.47. The SMILES string of the molecule is CN=C(NCCC(=O)N(C)Cc1ccccc1Br)NC1CC1. The number of carbonyl (C=O) groups is 1. The molecule has 2 rings (SSSR count). The lowest BCUT2D eigenvalue weighted by Crippen LogP contribution is -2.40. The van der Waals surface area contributed by atoms with Gasteiger partial charge in [-0.05, 0) is 24.5 Å². The molecular weight excluding hydrogens is 344 g/mol. The second-order valence-corrected chi connectivity index (χ2v) is 6.36. The fourth-order valence-electron chi connectivity index (χ4n) is 2.06. The van der Waals surface area contributed by atoms with Crippen molar-refractivity contribution in [2.45, 2.75) is 31.8 Å². The Morgan fingerprint density at radius 3 is 2.77 bits per heavy atom. The number of aliphatic imine (C=N–C) groups is 1. The zero-order valence-corrected chi connectivity index (χ0v) is 14.7. The Morgan fingerprint density at radius 2 is 2.14 bits per heavy atom. The summed E-state index contributed by atoms with van der Waals surface area (Å²) in [5.41, 5.74) is 1.11. The van der Waals surface area contributed by atoms with Crippen LogP contribution in [0, 0.1) is 0 Å². The highest BCUT2D eigenvalue weighted by Crippen LogP contribution is 2.18. The third kappa shape index (κ3) is 5.33. The number of guanidine groups is 1. The first-order valence-corrected chi connectivity index (χ1v) is 8.34. The molecule has 1 fully saturated rings. The van der Waals surface area contributed by atoms with E-state index in [0.29, 0.717) is 25.6 Å². The van der Waals surface area contributed by atoms with Crippen LogP contribution in [-0.4, -0.2) is 43.4 Å². The quantitative estimate of drug-likeness (QED) is 0.598. The van der Waals surface area contributed by atoms with Gasteiger partial charge in [0.05, 0.1) is 0 Å². The Kier molecular flexibility index (Phi) is 6.24. The van der Waals surface area contributed by atoms with E-state index >= 15 is 0 Å². The normalized spacial score (nSPS) is 14.6. The summed E-state index contributed by atoms with van der Waals surface area (Å²) in [5.74, 6) is 0.897. The van der Waals surface area contributed by atoms with Gasteiger partial charge in [0.15, 0.2) is 5.96 Å². The second-order valence-electron chi connectivity index (χ2n) is 5.51. The molecule has 0 aliphatic heterocycles. The predicted octanol–water partition coefficient (Wildman–Crippen LogP) is 2.12. The lowest BCUT2D eigenvalue weighted by atomic mass is 10.2. The van der Waals surface area contributed by atoms with Gasteiger partial charge in [-0.15, -0.1) is 0 Å². The first kappa shape index (κ1) is 16.8. The average molecular weight is 367 g/mol. The number of halogens is 1. The molecule has 5 nitrogen and oxygen atoms in total. The molecule has 1 aromatic carbocycles. The number of rotatable bonds is 6. The summed E-state index contributed by atoms with van der Waals surface area (Å²) >= 11 is 3.51. The zero-order valence-electron chi connectivity index (χ0n) is 13.1. The smallest absolute Gasteiger partial charge is 0.224 e. The van der Waals surface area contributed by atoms with Crippen molar-refractivity contribution in [1.29, 1.82) is 0 Å². The maximum atomic E-state index is 12.2. The van der Waals surface area contributed by atoms with Gasteiger partial charge in [0.25, 0.3) is 0 Å². The van der Waals surface area contributed by atoms with Gasteiger partial charge in [-0.25, -0.2) is 0 Å². The summed E-state index contributed by atoms with van der Waals surface area (Å²) in [7, 11) is 3.58. The van der Waals surface area contributed by atoms with E-state index in [1.165, 1.54) is 12.8 Å². The van der Waals surface area contributed by atoms with E-state index in [1.807, 2.05) is 31.3 Å². The van der Waals surface area contributed by atoms with Crippen LogP contribution in [0.2, 0.25) is 0 Å². The van der Waals surface area contributed by atoms with Crippen LogP contribution in [0.25, 0.3) is 0 Å². The van der Waals surface area contributed by atoms with Gasteiger partial charge < -0.3 is 15.5 Å². The molecule has 1 aliphatic carbocycles. The van der Waals surface area contributed by atoms with E-state index in [2.05, 4.69) is 31.6 Å². The third-order valence-corrected chi connectivity index (χ3v) is 4.34. The molecule has 0 aromatic heterocycles. The Morgan fingerprint density at radius 1 is 1.41 bits per heavy atom. The number of benzene rings is 1. The van der Waals surface area contributed by atoms with Gasteiger partial charge in [0.1, 0.15) is 0 Å². The van der Waals surface area contributed by atoms with Crippen LogP contribution in [-0.2, 0) is 11.3 Å². The van der Waals surface area contributed by atoms with E-state index in [9.17, 15) is 4.79 Å². The molecule has 1 amide bonds. The maximum absolute atomic E-state index is 12.2. The number of carbonyl (C=O) groups excluding carboxylic acids is 1. The van der Waals surface area contributed by atoms with Gasteiger partial charge >= 0.3 is 0 Å². The molecule has 0 heterocycles. The Balaban J connectivity index is 1.73. The molecule has 1 aliphatic rings. The summed E-state index contributed by atoms with van der Waals surface area (Å²) in [6.07, 6.45) is 2.86. The van der Waals surface area contributed by atoms with E-state index < -0.39 is 0 Å². The van der Waals surface area contributed by atoms with Crippen molar-refractivity contribution in [3.05, 3.63) is 34.3 Å². The number of amides is 1. The van der Waals surface area contributed by atoms with Gasteiger partial charge in [-0.1, -0.05) is 34.1 Å². The van der Waals surface area contributed by atoms with Crippen molar-refractivity contribution < 1.29 is 4.79 Å². The standard InChI is InChI=1S/C16H23BrN4O/c1-18-16(20-13-7-8-13)19-10-9-15(22)21(2)11-12-5-3-4-6-14(12)17/h3-6,13H,7-11H2,1-2H3,(H2,18,19,20). The van der Waals surface area contributed by atoms with E-state index in [0.717, 1.165) is 16.0 Å². The number of nitrogens with zero attached hydrogens (tertiary/aromatic N) is 2. The highest BCUT2D eigenvalue weighted by atomic mass is 79.9. The average Bonchev–Trinajstić information content (AvgIpc) is 3.32. The highest BCUT2D eigenvalue weighted by Gasteiger charge is 2.22. The van der Waals surface area contributed by atoms with Crippen molar-refractivity contribution in [3.63, 3.8) is 0 Å². The molecule has 0 saturated heterocycles. The predicted molar refractivity (Wildman–Crippen MR) is 92.8 cm³/mol. The lowest BCUT2D eigenvalue weighted by Gasteiger charge is -2.19. The Hall–Kier alpha value is -1.56. The van der Waals surface area contributed by atoms with Gasteiger partial charge in [-0.2, -0.15) is 0 Å². The minimum absolute atomic E-state index is 0.116. The maximum Gasteiger partial charge on any atom is 0.224 e. The van der Waals surface area contributed by atoms with Gasteiger partial charge in [0.2, 0.25) is 5.91 Å². The van der Waals surface area contributed by atoms with E-state index in [1.54, 1.807) is 11.9 Å². The molecule has 22 heavy (non-hydrogen) atoms. The summed E-state index contributed by atoms with van der Waals surface area (Å²) < 4.78 is 1.03. The number of nitrogens with one attached hydrogen (secondary N) is 2. The van der Waals surface area contributed by atoms with Crippen molar-refractivity contribution in [3.8, 4) is 0 Å². The molecule has 0 unspecified atom stereocenters. The van der Waals surface area contributed by atoms with Crippen molar-refractivity contribution >= 4 is 27.8 Å². The van der Waals surface area contributed by atoms with Crippen molar-refractivity contribution in [1.82, 2.24) is 15.5 Å². The summed E-state index contributed by atoms with van der Waals surface area (Å²) in [4.78, 5) is 18.1. The molecule has 0 bridgehead atoms. The molecule has 1 aromatic rings. The minimum Gasteiger partial charge on any atom is -0.356 e. The number of hydrogen-bond donors (Lipinski definition) is 2. The molecular formula is C16H23BrN4O. The third-order valence-electron chi connectivity index (χ3n) is 3.56. The van der Waals surface area contributed by atoms with Crippen LogP contribution in [0.3, 0.4) is 0 Å². The summed E-state index contributed by atoms with van der Waals surface area (Å²) in [6.45, 7) is 1.20. The second kappa shape index (κ2) is 8.17. The zero-order chi connectivity index (χ0) is 15.9. The Bertz CT molecular complexity index is 543. The largest absolute Gasteiger partial charge is 0.356 e. The summed E-state index contributed by atoms with van der Waals surface area (Å²) in [5, 5.41) is 6.48. The van der Waals surface area contributed by atoms with Crippen LogP contribution in [0.5, 0.6) is 0 Å².